The van der Waals surface area contributed by atoms with Crippen LogP contribution in [-0.4, -0.2) is 38.7 Å². The first kappa shape index (κ1) is 16.0. The van der Waals surface area contributed by atoms with Crippen LogP contribution in [0.15, 0.2) is 24.3 Å². The number of anilines is 1. The van der Waals surface area contributed by atoms with Crippen molar-refractivity contribution in [3.8, 4) is 5.75 Å². The van der Waals surface area contributed by atoms with Crippen molar-refractivity contribution in [2.75, 3.05) is 32.1 Å². The molecule has 0 aliphatic carbocycles. The van der Waals surface area contributed by atoms with Crippen molar-refractivity contribution in [2.24, 2.45) is 0 Å². The molecule has 0 aromatic heterocycles. The van der Waals surface area contributed by atoms with Gasteiger partial charge in [0.25, 0.3) is 0 Å². The van der Waals surface area contributed by atoms with E-state index in [4.69, 9.17) is 9.47 Å². The molecule has 0 unspecified atom stereocenters. The fourth-order valence-electron chi connectivity index (χ4n) is 1.57. The van der Waals surface area contributed by atoms with E-state index in [1.807, 2.05) is 12.1 Å². The summed E-state index contributed by atoms with van der Waals surface area (Å²) in [5, 5.41) is 5.61. The minimum atomic E-state index is -0.273. The van der Waals surface area contributed by atoms with Crippen molar-refractivity contribution in [1.82, 2.24) is 5.32 Å². The molecule has 6 heteroatoms. The highest BCUT2D eigenvalue weighted by Gasteiger charge is 2.07. The number of esters is 1. The van der Waals surface area contributed by atoms with Gasteiger partial charge >= 0.3 is 5.97 Å². The number of carbonyl (C=O) groups excluding carboxylic acids is 2. The zero-order valence-electron chi connectivity index (χ0n) is 11.8. The average Bonchev–Trinajstić information content (AvgIpc) is 2.44. The second-order valence-corrected chi connectivity index (χ2v) is 3.98. The largest absolute Gasteiger partial charge is 0.495 e. The van der Waals surface area contributed by atoms with Gasteiger partial charge in [0.05, 0.1) is 32.4 Å². The van der Waals surface area contributed by atoms with Gasteiger partial charge in [-0.2, -0.15) is 0 Å². The second kappa shape index (κ2) is 8.92. The number of amides is 1. The normalized spacial score (nSPS) is 9.90. The van der Waals surface area contributed by atoms with Crippen molar-refractivity contribution in [3.63, 3.8) is 0 Å². The summed E-state index contributed by atoms with van der Waals surface area (Å²) < 4.78 is 9.91. The highest BCUT2D eigenvalue weighted by atomic mass is 16.5. The number of methoxy groups -OCH3 is 1. The van der Waals surface area contributed by atoms with Gasteiger partial charge in [0.15, 0.2) is 0 Å². The number of hydrogen-bond donors (Lipinski definition) is 2. The SMILES string of the molecule is CCOC(=O)CCNCC(=O)Nc1ccccc1OC. The van der Waals surface area contributed by atoms with Crippen LogP contribution in [0.4, 0.5) is 5.69 Å². The summed E-state index contributed by atoms with van der Waals surface area (Å²) in [6.45, 7) is 2.65. The first-order valence-corrected chi connectivity index (χ1v) is 6.46. The van der Waals surface area contributed by atoms with E-state index >= 15 is 0 Å². The summed E-state index contributed by atoms with van der Waals surface area (Å²) in [4.78, 5) is 22.8. The fraction of sp³-hybridized carbons (Fsp3) is 0.429. The molecule has 0 bridgehead atoms. The predicted octanol–water partition coefficient (Wildman–Crippen LogP) is 1.18. The van der Waals surface area contributed by atoms with Gasteiger partial charge in [-0.25, -0.2) is 0 Å². The Morgan fingerprint density at radius 1 is 1.25 bits per heavy atom. The number of benzene rings is 1. The third-order valence-corrected chi connectivity index (χ3v) is 2.48. The van der Waals surface area contributed by atoms with Crippen molar-refractivity contribution in [1.29, 1.82) is 0 Å². The molecule has 6 nitrogen and oxygen atoms in total. The first-order chi connectivity index (χ1) is 9.67. The summed E-state index contributed by atoms with van der Waals surface area (Å²) >= 11 is 0. The molecule has 20 heavy (non-hydrogen) atoms. The van der Waals surface area contributed by atoms with Gasteiger partial charge < -0.3 is 20.1 Å². The molecular formula is C14H20N2O4. The minimum absolute atomic E-state index is 0.122. The minimum Gasteiger partial charge on any atom is -0.495 e. The Bertz CT molecular complexity index is 449. The lowest BCUT2D eigenvalue weighted by Crippen LogP contribution is -2.30. The number of para-hydroxylation sites is 2. The van der Waals surface area contributed by atoms with E-state index < -0.39 is 0 Å². The Hall–Kier alpha value is -2.08. The summed E-state index contributed by atoms with van der Waals surface area (Å²) in [7, 11) is 1.54. The number of ether oxygens (including phenoxy) is 2. The molecule has 0 spiro atoms. The third-order valence-electron chi connectivity index (χ3n) is 2.48. The van der Waals surface area contributed by atoms with Gasteiger partial charge in [0, 0.05) is 6.54 Å². The molecule has 110 valence electrons. The quantitative estimate of drug-likeness (QED) is 0.552. The van der Waals surface area contributed by atoms with Crippen LogP contribution in [0, 0.1) is 0 Å². The zero-order valence-corrected chi connectivity index (χ0v) is 11.8. The lowest BCUT2D eigenvalue weighted by molar-refractivity contribution is -0.143. The maximum absolute atomic E-state index is 11.7. The van der Waals surface area contributed by atoms with Crippen LogP contribution in [0.1, 0.15) is 13.3 Å². The Kier molecular flexibility index (Phi) is 7.13. The van der Waals surface area contributed by atoms with E-state index in [9.17, 15) is 9.59 Å². The van der Waals surface area contributed by atoms with Crippen LogP contribution in [0.3, 0.4) is 0 Å². The van der Waals surface area contributed by atoms with E-state index in [2.05, 4.69) is 10.6 Å². The topological polar surface area (TPSA) is 76.7 Å². The van der Waals surface area contributed by atoms with Crippen molar-refractivity contribution >= 4 is 17.6 Å². The van der Waals surface area contributed by atoms with E-state index in [0.717, 1.165) is 0 Å². The van der Waals surface area contributed by atoms with Crippen LogP contribution < -0.4 is 15.4 Å². The van der Waals surface area contributed by atoms with Crippen molar-refractivity contribution in [2.45, 2.75) is 13.3 Å². The van der Waals surface area contributed by atoms with Gasteiger partial charge in [-0.05, 0) is 19.1 Å². The van der Waals surface area contributed by atoms with Gasteiger partial charge in [-0.3, -0.25) is 9.59 Å². The molecule has 1 rings (SSSR count). The molecule has 1 aromatic rings. The Morgan fingerprint density at radius 3 is 2.70 bits per heavy atom. The highest BCUT2D eigenvalue weighted by molar-refractivity contribution is 5.93. The molecule has 0 aliphatic heterocycles. The zero-order chi connectivity index (χ0) is 14.8. The molecule has 1 amide bonds. The van der Waals surface area contributed by atoms with Gasteiger partial charge in [0.1, 0.15) is 5.75 Å². The van der Waals surface area contributed by atoms with Gasteiger partial charge in [0.2, 0.25) is 5.91 Å². The molecule has 0 fully saturated rings. The molecule has 2 N–H and O–H groups in total. The monoisotopic (exact) mass is 280 g/mol. The molecule has 0 saturated heterocycles. The number of nitrogens with one attached hydrogen (secondary N) is 2. The smallest absolute Gasteiger partial charge is 0.307 e. The second-order valence-electron chi connectivity index (χ2n) is 3.98. The molecule has 0 heterocycles. The fourth-order valence-corrected chi connectivity index (χ4v) is 1.57. The van der Waals surface area contributed by atoms with Crippen molar-refractivity contribution < 1.29 is 19.1 Å². The predicted molar refractivity (Wildman–Crippen MR) is 75.7 cm³/mol. The summed E-state index contributed by atoms with van der Waals surface area (Å²) in [6.07, 6.45) is 0.246. The molecule has 0 aliphatic rings. The Labute approximate surface area is 118 Å². The molecule has 1 aromatic carbocycles. The van der Waals surface area contributed by atoms with E-state index in [-0.39, 0.29) is 24.8 Å². The van der Waals surface area contributed by atoms with Crippen molar-refractivity contribution in [3.05, 3.63) is 24.3 Å². The number of rotatable bonds is 8. The Balaban J connectivity index is 2.28. The van der Waals surface area contributed by atoms with Gasteiger partial charge in [-0.15, -0.1) is 0 Å². The maximum atomic E-state index is 11.7. The average molecular weight is 280 g/mol. The van der Waals surface area contributed by atoms with E-state index in [1.165, 1.54) is 0 Å². The standard InChI is InChI=1S/C14H20N2O4/c1-3-20-14(18)8-9-15-10-13(17)16-11-6-4-5-7-12(11)19-2/h4-7,15H,3,8-10H2,1-2H3,(H,16,17). The molecule has 0 atom stereocenters. The Morgan fingerprint density at radius 2 is 2.00 bits per heavy atom. The van der Waals surface area contributed by atoms with Crippen LogP contribution in [-0.2, 0) is 14.3 Å². The summed E-state index contributed by atoms with van der Waals surface area (Å²) in [6, 6.07) is 7.16. The van der Waals surface area contributed by atoms with Crippen LogP contribution in [0.25, 0.3) is 0 Å². The number of carbonyl (C=O) groups is 2. The molecule has 0 saturated carbocycles. The third kappa shape index (κ3) is 5.71. The van der Waals surface area contributed by atoms with Crippen LogP contribution >= 0.6 is 0 Å². The van der Waals surface area contributed by atoms with Crippen LogP contribution in [0.5, 0.6) is 5.75 Å². The van der Waals surface area contributed by atoms with Crippen LogP contribution in [0.2, 0.25) is 0 Å². The molecule has 0 radical (unpaired) electrons. The lowest BCUT2D eigenvalue weighted by atomic mass is 10.3. The summed E-state index contributed by atoms with van der Waals surface area (Å²) in [5.74, 6) is 0.135. The highest BCUT2D eigenvalue weighted by Crippen LogP contribution is 2.22. The van der Waals surface area contributed by atoms with E-state index in [1.54, 1.807) is 26.2 Å². The lowest BCUT2D eigenvalue weighted by Gasteiger charge is -2.10. The number of hydrogen-bond acceptors (Lipinski definition) is 5. The molecular weight excluding hydrogens is 260 g/mol. The maximum Gasteiger partial charge on any atom is 0.307 e. The first-order valence-electron chi connectivity index (χ1n) is 6.46. The van der Waals surface area contributed by atoms with E-state index in [0.29, 0.717) is 24.6 Å². The van der Waals surface area contributed by atoms with Gasteiger partial charge in [-0.1, -0.05) is 12.1 Å². The summed E-state index contributed by atoms with van der Waals surface area (Å²) in [5.41, 5.74) is 0.618.